The Hall–Kier alpha value is -2.04. The Balaban J connectivity index is 1.39. The standard InChI is InChI=1S/C20H28N4O/c1-15-21-18-9-5-6-10-19(18)24(15)17-11-13-23(14-12-17)20(25)22-16-7-3-2-4-8-16/h5-6,9-10,16-17H,2-4,7-8,11-14H2,1H3,(H,22,25). The van der Waals surface area contributed by atoms with Gasteiger partial charge < -0.3 is 14.8 Å². The molecule has 0 bridgehead atoms. The maximum Gasteiger partial charge on any atom is 0.317 e. The van der Waals surface area contributed by atoms with Crippen molar-refractivity contribution >= 4 is 17.1 Å². The van der Waals surface area contributed by atoms with Gasteiger partial charge >= 0.3 is 6.03 Å². The van der Waals surface area contributed by atoms with E-state index in [1.54, 1.807) is 0 Å². The summed E-state index contributed by atoms with van der Waals surface area (Å²) < 4.78 is 2.37. The predicted molar refractivity (Wildman–Crippen MR) is 99.7 cm³/mol. The number of benzene rings is 1. The highest BCUT2D eigenvalue weighted by atomic mass is 16.2. The van der Waals surface area contributed by atoms with E-state index in [0.29, 0.717) is 12.1 Å². The highest BCUT2D eigenvalue weighted by Gasteiger charge is 2.27. The van der Waals surface area contributed by atoms with E-state index in [1.807, 2.05) is 11.0 Å². The molecular formula is C20H28N4O. The summed E-state index contributed by atoms with van der Waals surface area (Å²) in [6, 6.07) is 9.30. The molecule has 0 radical (unpaired) electrons. The lowest BCUT2D eigenvalue weighted by molar-refractivity contribution is 0.166. The molecule has 1 saturated carbocycles. The van der Waals surface area contributed by atoms with Crippen LogP contribution in [0.1, 0.15) is 56.8 Å². The molecule has 1 saturated heterocycles. The van der Waals surface area contributed by atoms with Crippen LogP contribution in [0.3, 0.4) is 0 Å². The minimum Gasteiger partial charge on any atom is -0.335 e. The van der Waals surface area contributed by atoms with Crippen molar-refractivity contribution in [1.82, 2.24) is 19.8 Å². The van der Waals surface area contributed by atoms with Gasteiger partial charge in [-0.2, -0.15) is 0 Å². The van der Waals surface area contributed by atoms with Crippen LogP contribution in [-0.4, -0.2) is 39.6 Å². The van der Waals surface area contributed by atoms with Crippen molar-refractivity contribution in [3.63, 3.8) is 0 Å². The number of aromatic nitrogens is 2. The predicted octanol–water partition coefficient (Wildman–Crippen LogP) is 4.02. The minimum absolute atomic E-state index is 0.137. The maximum absolute atomic E-state index is 12.5. The molecule has 0 unspecified atom stereocenters. The number of fused-ring (bicyclic) bond motifs is 1. The summed E-state index contributed by atoms with van der Waals surface area (Å²) >= 11 is 0. The first-order valence-electron chi connectivity index (χ1n) is 9.71. The Labute approximate surface area is 149 Å². The zero-order chi connectivity index (χ0) is 17.2. The van der Waals surface area contributed by atoms with Crippen LogP contribution >= 0.6 is 0 Å². The Bertz CT molecular complexity index is 739. The average molecular weight is 340 g/mol. The molecule has 4 rings (SSSR count). The monoisotopic (exact) mass is 340 g/mol. The number of hydrogen-bond acceptors (Lipinski definition) is 2. The zero-order valence-electron chi connectivity index (χ0n) is 15.1. The summed E-state index contributed by atoms with van der Waals surface area (Å²) in [7, 11) is 0. The Morgan fingerprint density at radius 1 is 1.08 bits per heavy atom. The normalized spacial score (nSPS) is 20.1. The fraction of sp³-hybridized carbons (Fsp3) is 0.600. The van der Waals surface area contributed by atoms with Crippen molar-refractivity contribution in [3.05, 3.63) is 30.1 Å². The van der Waals surface area contributed by atoms with E-state index < -0.39 is 0 Å². The molecule has 25 heavy (non-hydrogen) atoms. The first kappa shape index (κ1) is 16.4. The number of amides is 2. The van der Waals surface area contributed by atoms with Crippen molar-refractivity contribution in [2.45, 2.75) is 64.0 Å². The third-order valence-corrected chi connectivity index (χ3v) is 5.82. The smallest absolute Gasteiger partial charge is 0.317 e. The van der Waals surface area contributed by atoms with Crippen molar-refractivity contribution in [2.75, 3.05) is 13.1 Å². The number of likely N-dealkylation sites (tertiary alicyclic amines) is 1. The highest BCUT2D eigenvalue weighted by Crippen LogP contribution is 2.28. The van der Waals surface area contributed by atoms with Crippen LogP contribution in [0.4, 0.5) is 4.79 Å². The number of rotatable bonds is 2. The second kappa shape index (κ2) is 7.06. The van der Waals surface area contributed by atoms with E-state index in [9.17, 15) is 4.79 Å². The molecule has 0 spiro atoms. The Morgan fingerprint density at radius 3 is 2.56 bits per heavy atom. The quantitative estimate of drug-likeness (QED) is 0.897. The van der Waals surface area contributed by atoms with Gasteiger partial charge in [-0.25, -0.2) is 9.78 Å². The van der Waals surface area contributed by atoms with Crippen molar-refractivity contribution in [3.8, 4) is 0 Å². The number of nitrogens with one attached hydrogen (secondary N) is 1. The summed E-state index contributed by atoms with van der Waals surface area (Å²) in [4.78, 5) is 19.2. The van der Waals surface area contributed by atoms with Crippen LogP contribution in [0.15, 0.2) is 24.3 Å². The van der Waals surface area contributed by atoms with Crippen molar-refractivity contribution in [1.29, 1.82) is 0 Å². The van der Waals surface area contributed by atoms with E-state index in [0.717, 1.165) is 50.1 Å². The van der Waals surface area contributed by atoms with Gasteiger partial charge in [0.2, 0.25) is 0 Å². The maximum atomic E-state index is 12.5. The van der Waals surface area contributed by atoms with E-state index in [-0.39, 0.29) is 6.03 Å². The molecule has 0 atom stereocenters. The summed E-state index contributed by atoms with van der Waals surface area (Å²) in [6.45, 7) is 3.74. The first-order chi connectivity index (χ1) is 12.2. The van der Waals surface area contributed by atoms with Gasteiger partial charge in [0.1, 0.15) is 5.82 Å². The van der Waals surface area contributed by atoms with Crippen LogP contribution in [-0.2, 0) is 0 Å². The second-order valence-electron chi connectivity index (χ2n) is 7.52. The molecule has 1 aromatic heterocycles. The molecule has 1 N–H and O–H groups in total. The lowest BCUT2D eigenvalue weighted by atomic mass is 9.95. The molecule has 5 nitrogen and oxygen atoms in total. The van der Waals surface area contributed by atoms with Crippen LogP contribution in [0, 0.1) is 6.92 Å². The van der Waals surface area contributed by atoms with Crippen LogP contribution in [0.25, 0.3) is 11.0 Å². The van der Waals surface area contributed by atoms with Gasteiger partial charge in [-0.1, -0.05) is 31.4 Å². The molecule has 134 valence electrons. The molecule has 1 aromatic carbocycles. The fourth-order valence-corrected chi connectivity index (χ4v) is 4.47. The average Bonchev–Trinajstić information content (AvgIpc) is 2.98. The third-order valence-electron chi connectivity index (χ3n) is 5.82. The largest absolute Gasteiger partial charge is 0.335 e. The molecule has 1 aliphatic carbocycles. The first-order valence-corrected chi connectivity index (χ1v) is 9.71. The van der Waals surface area contributed by atoms with Crippen LogP contribution < -0.4 is 5.32 Å². The summed E-state index contributed by atoms with van der Waals surface area (Å²) in [5.74, 6) is 1.08. The van der Waals surface area contributed by atoms with Crippen molar-refractivity contribution in [2.24, 2.45) is 0 Å². The van der Waals surface area contributed by atoms with Gasteiger partial charge in [-0.3, -0.25) is 0 Å². The lowest BCUT2D eigenvalue weighted by Gasteiger charge is -2.35. The summed E-state index contributed by atoms with van der Waals surface area (Å²) in [5.41, 5.74) is 2.28. The van der Waals surface area contributed by atoms with E-state index >= 15 is 0 Å². The van der Waals surface area contributed by atoms with Crippen LogP contribution in [0.5, 0.6) is 0 Å². The SMILES string of the molecule is Cc1nc2ccccc2n1C1CCN(C(=O)NC2CCCCC2)CC1. The number of carbonyl (C=O) groups excluding carboxylic acids is 1. The number of para-hydroxylation sites is 2. The summed E-state index contributed by atoms with van der Waals surface area (Å²) in [5, 5.41) is 3.25. The second-order valence-corrected chi connectivity index (χ2v) is 7.52. The highest BCUT2D eigenvalue weighted by molar-refractivity contribution is 5.76. The van der Waals surface area contributed by atoms with Crippen LogP contribution in [0.2, 0.25) is 0 Å². The molecule has 5 heteroatoms. The number of piperidine rings is 1. The molecule has 2 fully saturated rings. The molecule has 1 aliphatic heterocycles. The molecule has 2 aromatic rings. The topological polar surface area (TPSA) is 50.2 Å². The van der Waals surface area contributed by atoms with E-state index in [2.05, 4.69) is 40.0 Å². The zero-order valence-corrected chi connectivity index (χ0v) is 15.1. The molecular weight excluding hydrogens is 312 g/mol. The molecule has 2 amide bonds. The minimum atomic E-state index is 0.137. The van der Waals surface area contributed by atoms with Gasteiger partial charge in [0, 0.05) is 25.2 Å². The number of aryl methyl sites for hydroxylation is 1. The van der Waals surface area contributed by atoms with Crippen molar-refractivity contribution < 1.29 is 4.79 Å². The molecule has 2 aliphatic rings. The van der Waals surface area contributed by atoms with Gasteiger partial charge in [-0.15, -0.1) is 0 Å². The van der Waals surface area contributed by atoms with E-state index in [1.165, 1.54) is 24.8 Å². The number of imidazole rings is 1. The number of hydrogen-bond donors (Lipinski definition) is 1. The third kappa shape index (κ3) is 3.37. The fourth-order valence-electron chi connectivity index (χ4n) is 4.47. The van der Waals surface area contributed by atoms with Gasteiger partial charge in [0.15, 0.2) is 0 Å². The lowest BCUT2D eigenvalue weighted by Crippen LogP contribution is -2.48. The van der Waals surface area contributed by atoms with Gasteiger partial charge in [0.25, 0.3) is 0 Å². The number of carbonyl (C=O) groups is 1. The number of urea groups is 1. The Kier molecular flexibility index (Phi) is 4.64. The summed E-state index contributed by atoms with van der Waals surface area (Å²) in [6.07, 6.45) is 8.10. The van der Waals surface area contributed by atoms with E-state index in [4.69, 9.17) is 0 Å². The van der Waals surface area contributed by atoms with Gasteiger partial charge in [-0.05, 0) is 44.7 Å². The Morgan fingerprint density at radius 2 is 1.80 bits per heavy atom. The number of nitrogens with zero attached hydrogens (tertiary/aromatic N) is 3. The molecule has 2 heterocycles. The van der Waals surface area contributed by atoms with Gasteiger partial charge in [0.05, 0.1) is 11.0 Å².